The fourth-order valence-corrected chi connectivity index (χ4v) is 5.66. The molecule has 2 aromatic carbocycles. The van der Waals surface area contributed by atoms with Crippen LogP contribution in [0.4, 0.5) is 5.69 Å². The molecule has 4 rings (SSSR count). The van der Waals surface area contributed by atoms with Crippen molar-refractivity contribution in [1.82, 2.24) is 4.90 Å². The molecule has 1 N–H and O–H groups in total. The number of imide groups is 1. The van der Waals surface area contributed by atoms with Crippen molar-refractivity contribution in [2.45, 2.75) is 50.5 Å². The van der Waals surface area contributed by atoms with Crippen molar-refractivity contribution in [2.75, 3.05) is 18.6 Å². The van der Waals surface area contributed by atoms with Crippen molar-refractivity contribution < 1.29 is 27.5 Å². The third-order valence-electron chi connectivity index (χ3n) is 6.13. The number of amides is 2. The molecule has 0 spiro atoms. The summed E-state index contributed by atoms with van der Waals surface area (Å²) in [5.41, 5.74) is 3.03. The smallest absolute Gasteiger partial charge is 0.264 e. The Morgan fingerprint density at radius 1 is 0.971 bits per heavy atom. The summed E-state index contributed by atoms with van der Waals surface area (Å²) >= 11 is 0. The Morgan fingerprint density at radius 2 is 1.71 bits per heavy atom. The number of ketones is 1. The lowest BCUT2D eigenvalue weighted by atomic mass is 10.1. The third kappa shape index (κ3) is 4.39. The molecule has 0 saturated heterocycles. The summed E-state index contributed by atoms with van der Waals surface area (Å²) in [6.45, 7) is 4.77. The molecule has 1 unspecified atom stereocenters. The van der Waals surface area contributed by atoms with E-state index in [1.807, 2.05) is 6.92 Å². The second-order valence-electron chi connectivity index (χ2n) is 8.41. The van der Waals surface area contributed by atoms with Crippen LogP contribution in [0.15, 0.2) is 52.5 Å². The topological polar surface area (TPSA) is 122 Å². The average Bonchev–Trinajstić information content (AvgIpc) is 3.22. The van der Waals surface area contributed by atoms with Gasteiger partial charge in [0.25, 0.3) is 11.8 Å². The second-order valence-corrected chi connectivity index (χ2v) is 10.2. The molecule has 184 valence electrons. The van der Waals surface area contributed by atoms with Crippen molar-refractivity contribution in [3.05, 3.63) is 59.2 Å². The van der Waals surface area contributed by atoms with E-state index in [4.69, 9.17) is 4.74 Å². The van der Waals surface area contributed by atoms with Crippen LogP contribution >= 0.6 is 0 Å². The summed E-state index contributed by atoms with van der Waals surface area (Å²) in [6.07, 6.45) is 3.55. The molecule has 0 fully saturated rings. The Labute approximate surface area is 204 Å². The average molecular weight is 498 g/mol. The molecular formula is C25H27N3O6S. The van der Waals surface area contributed by atoms with Gasteiger partial charge in [-0.2, -0.15) is 5.10 Å². The zero-order valence-electron chi connectivity index (χ0n) is 19.6. The molecule has 35 heavy (non-hydrogen) atoms. The maximum atomic E-state index is 13.3. The summed E-state index contributed by atoms with van der Waals surface area (Å²) in [7, 11) is -4.09. The molecule has 1 atom stereocenters. The van der Waals surface area contributed by atoms with E-state index >= 15 is 0 Å². The van der Waals surface area contributed by atoms with Crippen molar-refractivity contribution in [3.8, 4) is 0 Å². The molecule has 0 bridgehead atoms. The molecule has 0 aliphatic carbocycles. The number of hydrazone groups is 1. The fourth-order valence-electron chi connectivity index (χ4n) is 4.23. The first-order chi connectivity index (χ1) is 16.8. The monoisotopic (exact) mass is 497 g/mol. The Hall–Kier alpha value is -3.37. The summed E-state index contributed by atoms with van der Waals surface area (Å²) in [6, 6.07) is 10.1. The number of anilines is 1. The lowest BCUT2D eigenvalue weighted by Gasteiger charge is -2.25. The number of Topliss-reactive ketones (excluding diaryl/α,β-unsaturated/α-hetero) is 1. The minimum Gasteiger partial charge on any atom is -0.379 e. The van der Waals surface area contributed by atoms with Gasteiger partial charge in [0.15, 0.2) is 0 Å². The highest BCUT2D eigenvalue weighted by atomic mass is 32.2. The maximum Gasteiger partial charge on any atom is 0.264 e. The van der Waals surface area contributed by atoms with E-state index in [-0.39, 0.29) is 33.9 Å². The number of carbonyl (C=O) groups is 3. The Morgan fingerprint density at radius 3 is 2.43 bits per heavy atom. The van der Waals surface area contributed by atoms with Crippen LogP contribution in [0.2, 0.25) is 0 Å². The van der Waals surface area contributed by atoms with Gasteiger partial charge >= 0.3 is 0 Å². The summed E-state index contributed by atoms with van der Waals surface area (Å²) in [5, 5.41) is 3.21. The van der Waals surface area contributed by atoms with Crippen LogP contribution in [0, 0.1) is 0 Å². The van der Waals surface area contributed by atoms with Crippen molar-refractivity contribution >= 4 is 38.2 Å². The van der Waals surface area contributed by atoms with Gasteiger partial charge in [0.2, 0.25) is 20.7 Å². The van der Waals surface area contributed by atoms with E-state index in [1.54, 1.807) is 12.1 Å². The predicted molar refractivity (Wildman–Crippen MR) is 130 cm³/mol. The Kier molecular flexibility index (Phi) is 7.13. The van der Waals surface area contributed by atoms with Gasteiger partial charge < -0.3 is 4.74 Å². The largest absolute Gasteiger partial charge is 0.379 e. The van der Waals surface area contributed by atoms with Gasteiger partial charge in [0.05, 0.1) is 34.4 Å². The van der Waals surface area contributed by atoms with Gasteiger partial charge in [-0.1, -0.05) is 44.9 Å². The van der Waals surface area contributed by atoms with E-state index in [2.05, 4.69) is 17.5 Å². The van der Waals surface area contributed by atoms with Crippen LogP contribution in [0.3, 0.4) is 0 Å². The number of nitrogens with one attached hydrogen (secondary N) is 1. The standard InChI is InChI=1S/C25H27N3O6S/c1-3-5-8-14-34-15-16(4-2)28-24(30)18-11-9-12-19(21(18)25(28)31)26-27-23-22(29)17-10-6-7-13-20(17)35(23,32)33/h6-7,9-13,16,26H,3-5,8,14-15H2,1-2H3. The molecule has 10 heteroatoms. The lowest BCUT2D eigenvalue weighted by Crippen LogP contribution is -2.42. The number of carbonyl (C=O) groups excluding carboxylic acids is 3. The van der Waals surface area contributed by atoms with Crippen LogP contribution in [0.25, 0.3) is 0 Å². The number of ether oxygens (including phenoxy) is 1. The lowest BCUT2D eigenvalue weighted by molar-refractivity contribution is 0.0383. The molecule has 2 aromatic rings. The molecule has 2 heterocycles. The van der Waals surface area contributed by atoms with Crippen LogP contribution < -0.4 is 5.43 Å². The first-order valence-corrected chi connectivity index (χ1v) is 13.1. The minimum atomic E-state index is -4.09. The molecule has 0 radical (unpaired) electrons. The first kappa shape index (κ1) is 24.7. The van der Waals surface area contributed by atoms with Crippen molar-refractivity contribution in [3.63, 3.8) is 0 Å². The normalized spacial score (nSPS) is 18.2. The van der Waals surface area contributed by atoms with Gasteiger partial charge in [-0.05, 0) is 37.1 Å². The SMILES string of the molecule is CCCCCOCC(CC)N1C(=O)c2cccc(NN=C3C(=O)c4ccccc4S3(=O)=O)c2C1=O. The van der Waals surface area contributed by atoms with Crippen LogP contribution in [0.5, 0.6) is 0 Å². The Bertz CT molecular complexity index is 1320. The van der Waals surface area contributed by atoms with E-state index in [9.17, 15) is 22.8 Å². The molecular weight excluding hydrogens is 470 g/mol. The maximum absolute atomic E-state index is 13.3. The summed E-state index contributed by atoms with van der Waals surface area (Å²) < 4.78 is 31.3. The summed E-state index contributed by atoms with van der Waals surface area (Å²) in [5.74, 6) is -1.68. The molecule has 9 nitrogen and oxygen atoms in total. The summed E-state index contributed by atoms with van der Waals surface area (Å²) in [4.78, 5) is 40.1. The molecule has 0 aromatic heterocycles. The molecule has 2 amide bonds. The van der Waals surface area contributed by atoms with E-state index in [1.165, 1.54) is 35.2 Å². The minimum absolute atomic E-state index is 0.0495. The number of fused-ring (bicyclic) bond motifs is 2. The van der Waals surface area contributed by atoms with Crippen molar-refractivity contribution in [1.29, 1.82) is 0 Å². The second kappa shape index (κ2) is 10.1. The quantitative estimate of drug-likeness (QED) is 0.302. The first-order valence-electron chi connectivity index (χ1n) is 11.6. The van der Waals surface area contributed by atoms with Crippen LogP contribution in [-0.2, 0) is 14.6 Å². The zero-order valence-corrected chi connectivity index (χ0v) is 20.4. The van der Waals surface area contributed by atoms with Crippen LogP contribution in [0.1, 0.15) is 70.6 Å². The third-order valence-corrected chi connectivity index (χ3v) is 7.85. The Balaban J connectivity index is 1.58. The van der Waals surface area contributed by atoms with E-state index in [0.717, 1.165) is 19.3 Å². The number of unbranched alkanes of at least 4 members (excludes halogenated alkanes) is 2. The highest BCUT2D eigenvalue weighted by Gasteiger charge is 2.43. The number of benzene rings is 2. The number of rotatable bonds is 10. The highest BCUT2D eigenvalue weighted by molar-refractivity contribution is 8.09. The number of hydrogen-bond donors (Lipinski definition) is 1. The number of hydrogen-bond acceptors (Lipinski definition) is 8. The zero-order chi connectivity index (χ0) is 25.2. The van der Waals surface area contributed by atoms with Gasteiger partial charge in [-0.3, -0.25) is 24.7 Å². The van der Waals surface area contributed by atoms with E-state index in [0.29, 0.717) is 13.0 Å². The highest BCUT2D eigenvalue weighted by Crippen LogP contribution is 2.32. The predicted octanol–water partition coefficient (Wildman–Crippen LogP) is 3.66. The fraction of sp³-hybridized carbons (Fsp3) is 0.360. The van der Waals surface area contributed by atoms with E-state index < -0.39 is 38.5 Å². The number of sulfone groups is 1. The molecule has 2 aliphatic rings. The van der Waals surface area contributed by atoms with Gasteiger partial charge in [0.1, 0.15) is 0 Å². The molecule has 2 aliphatic heterocycles. The molecule has 0 saturated carbocycles. The van der Waals surface area contributed by atoms with Gasteiger partial charge in [0, 0.05) is 12.2 Å². The van der Waals surface area contributed by atoms with Gasteiger partial charge in [-0.15, -0.1) is 0 Å². The number of nitrogens with zero attached hydrogens (tertiary/aromatic N) is 2. The van der Waals surface area contributed by atoms with Crippen molar-refractivity contribution in [2.24, 2.45) is 5.10 Å². The van der Waals surface area contributed by atoms with Crippen LogP contribution in [-0.4, -0.2) is 55.2 Å². The van der Waals surface area contributed by atoms with Gasteiger partial charge in [-0.25, -0.2) is 8.42 Å².